The molecule has 0 N–H and O–H groups in total. The number of esters is 1. The maximum atomic E-state index is 12.9. The van der Waals surface area contributed by atoms with Crippen molar-refractivity contribution in [2.75, 3.05) is 0 Å². The van der Waals surface area contributed by atoms with E-state index in [2.05, 4.69) is 0 Å². The molecule has 24 heavy (non-hydrogen) atoms. The van der Waals surface area contributed by atoms with E-state index in [-0.39, 0.29) is 0 Å². The van der Waals surface area contributed by atoms with Gasteiger partial charge in [0.15, 0.2) is 6.10 Å². The van der Waals surface area contributed by atoms with Crippen molar-refractivity contribution in [3.8, 4) is 0 Å². The lowest BCUT2D eigenvalue weighted by Gasteiger charge is -2.14. The SMILES string of the molecule is O=C1O[C@@H](c2cccc(C(F)(F)F)c2)c2ccc3ccccc3c21. The van der Waals surface area contributed by atoms with E-state index in [4.69, 9.17) is 4.74 Å². The highest BCUT2D eigenvalue weighted by molar-refractivity contribution is 6.08. The Balaban J connectivity index is 1.87. The van der Waals surface area contributed by atoms with Gasteiger partial charge in [0.1, 0.15) is 0 Å². The number of hydrogen-bond donors (Lipinski definition) is 0. The van der Waals surface area contributed by atoms with Gasteiger partial charge in [-0.15, -0.1) is 0 Å². The van der Waals surface area contributed by atoms with E-state index in [1.54, 1.807) is 6.07 Å². The molecule has 0 fully saturated rings. The van der Waals surface area contributed by atoms with Gasteiger partial charge in [0.2, 0.25) is 0 Å². The number of alkyl halides is 3. The molecule has 0 aliphatic carbocycles. The van der Waals surface area contributed by atoms with Crippen LogP contribution in [0.2, 0.25) is 0 Å². The lowest BCUT2D eigenvalue weighted by molar-refractivity contribution is -0.137. The van der Waals surface area contributed by atoms with Gasteiger partial charge in [-0.05, 0) is 28.5 Å². The Hall–Kier alpha value is -2.82. The van der Waals surface area contributed by atoms with Gasteiger partial charge in [0.25, 0.3) is 0 Å². The van der Waals surface area contributed by atoms with Crippen molar-refractivity contribution < 1.29 is 22.7 Å². The molecule has 0 unspecified atom stereocenters. The Morgan fingerprint density at radius 1 is 0.917 bits per heavy atom. The topological polar surface area (TPSA) is 26.3 Å². The summed E-state index contributed by atoms with van der Waals surface area (Å²) in [7, 11) is 0. The second-order valence-corrected chi connectivity index (χ2v) is 5.66. The molecule has 0 saturated heterocycles. The first-order chi connectivity index (χ1) is 11.4. The molecule has 0 amide bonds. The van der Waals surface area contributed by atoms with Gasteiger partial charge in [-0.2, -0.15) is 13.2 Å². The van der Waals surface area contributed by atoms with E-state index in [0.29, 0.717) is 16.7 Å². The number of halogens is 3. The van der Waals surface area contributed by atoms with Gasteiger partial charge < -0.3 is 4.74 Å². The number of rotatable bonds is 1. The maximum absolute atomic E-state index is 12.9. The molecular weight excluding hydrogens is 317 g/mol. The Labute approximate surface area is 135 Å². The molecule has 2 nitrogen and oxygen atoms in total. The monoisotopic (exact) mass is 328 g/mol. The summed E-state index contributed by atoms with van der Waals surface area (Å²) in [6.07, 6.45) is -5.26. The van der Waals surface area contributed by atoms with E-state index in [1.807, 2.05) is 30.3 Å². The minimum Gasteiger partial charge on any atom is -0.449 e. The van der Waals surface area contributed by atoms with Crippen molar-refractivity contribution in [3.63, 3.8) is 0 Å². The first kappa shape index (κ1) is 14.8. The molecule has 1 aliphatic heterocycles. The van der Waals surface area contributed by atoms with Crippen molar-refractivity contribution in [1.29, 1.82) is 0 Å². The standard InChI is InChI=1S/C19H11F3O2/c20-19(21,22)13-6-3-5-12(10-13)17-15-9-8-11-4-1-2-7-14(11)16(15)18(23)24-17/h1-10,17H/t17-/m0/s1. The zero-order valence-corrected chi connectivity index (χ0v) is 12.3. The Bertz CT molecular complexity index is 960. The Morgan fingerprint density at radius 2 is 1.71 bits per heavy atom. The molecule has 1 aliphatic rings. The van der Waals surface area contributed by atoms with Crippen LogP contribution in [0.1, 0.15) is 33.2 Å². The second-order valence-electron chi connectivity index (χ2n) is 5.66. The zero-order chi connectivity index (χ0) is 16.9. The van der Waals surface area contributed by atoms with Crippen molar-refractivity contribution >= 4 is 16.7 Å². The summed E-state index contributed by atoms with van der Waals surface area (Å²) in [5.41, 5.74) is 0.575. The number of fused-ring (bicyclic) bond motifs is 3. The van der Waals surface area contributed by atoms with Gasteiger partial charge in [-0.25, -0.2) is 4.79 Å². The van der Waals surface area contributed by atoms with Gasteiger partial charge in [-0.3, -0.25) is 0 Å². The zero-order valence-electron chi connectivity index (χ0n) is 12.3. The molecule has 0 bridgehead atoms. The van der Waals surface area contributed by atoms with Crippen molar-refractivity contribution in [2.45, 2.75) is 12.3 Å². The van der Waals surface area contributed by atoms with Crippen molar-refractivity contribution in [1.82, 2.24) is 0 Å². The molecule has 3 aromatic rings. The van der Waals surface area contributed by atoms with Crippen LogP contribution >= 0.6 is 0 Å². The third-order valence-electron chi connectivity index (χ3n) is 4.19. The second kappa shape index (κ2) is 5.09. The van der Waals surface area contributed by atoms with Crippen LogP contribution in [-0.4, -0.2) is 5.97 Å². The number of carbonyl (C=O) groups excluding carboxylic acids is 1. The fourth-order valence-electron chi connectivity index (χ4n) is 3.09. The average molecular weight is 328 g/mol. The van der Waals surface area contributed by atoms with Crippen LogP contribution in [0.4, 0.5) is 13.2 Å². The predicted molar refractivity (Wildman–Crippen MR) is 82.7 cm³/mol. The number of carbonyl (C=O) groups is 1. The van der Waals surface area contributed by atoms with Gasteiger partial charge in [0.05, 0.1) is 11.1 Å². The minimum atomic E-state index is -4.44. The summed E-state index contributed by atoms with van der Waals surface area (Å²) in [5.74, 6) is -0.510. The van der Waals surface area contributed by atoms with Crippen LogP contribution in [0.25, 0.3) is 10.8 Å². The molecule has 1 atom stereocenters. The molecule has 1 heterocycles. The van der Waals surface area contributed by atoms with Gasteiger partial charge in [0, 0.05) is 5.56 Å². The first-order valence-electron chi connectivity index (χ1n) is 7.35. The average Bonchev–Trinajstić information content (AvgIpc) is 2.92. The fourth-order valence-corrected chi connectivity index (χ4v) is 3.09. The van der Waals surface area contributed by atoms with Crippen LogP contribution in [0.5, 0.6) is 0 Å². The van der Waals surface area contributed by atoms with E-state index >= 15 is 0 Å². The number of hydrogen-bond acceptors (Lipinski definition) is 2. The van der Waals surface area contributed by atoms with Crippen LogP contribution < -0.4 is 0 Å². The molecule has 0 saturated carbocycles. The minimum absolute atomic E-state index is 0.312. The highest BCUT2D eigenvalue weighted by atomic mass is 19.4. The smallest absolute Gasteiger partial charge is 0.416 e. The lowest BCUT2D eigenvalue weighted by Crippen LogP contribution is -2.07. The highest BCUT2D eigenvalue weighted by Crippen LogP contribution is 2.40. The van der Waals surface area contributed by atoms with E-state index in [1.165, 1.54) is 12.1 Å². The van der Waals surface area contributed by atoms with Crippen LogP contribution in [0.15, 0.2) is 60.7 Å². The number of cyclic esters (lactones) is 1. The summed E-state index contributed by atoms with van der Waals surface area (Å²) in [6, 6.07) is 15.8. The first-order valence-corrected chi connectivity index (χ1v) is 7.35. The summed E-state index contributed by atoms with van der Waals surface area (Å²) in [4.78, 5) is 12.3. The van der Waals surface area contributed by atoms with E-state index < -0.39 is 23.8 Å². The van der Waals surface area contributed by atoms with Crippen molar-refractivity contribution in [3.05, 3.63) is 82.9 Å². The van der Waals surface area contributed by atoms with E-state index in [9.17, 15) is 18.0 Å². The van der Waals surface area contributed by atoms with E-state index in [0.717, 1.165) is 22.9 Å². The Morgan fingerprint density at radius 3 is 2.50 bits per heavy atom. The number of benzene rings is 3. The van der Waals surface area contributed by atoms with Crippen LogP contribution in [-0.2, 0) is 10.9 Å². The predicted octanol–water partition coefficient (Wildman–Crippen LogP) is 5.12. The molecule has 0 radical (unpaired) electrons. The third kappa shape index (κ3) is 2.24. The summed E-state index contributed by atoms with van der Waals surface area (Å²) in [5, 5.41) is 1.63. The largest absolute Gasteiger partial charge is 0.449 e. The highest BCUT2D eigenvalue weighted by Gasteiger charge is 2.36. The van der Waals surface area contributed by atoms with Crippen molar-refractivity contribution in [2.24, 2.45) is 0 Å². The summed E-state index contributed by atoms with van der Waals surface area (Å²) >= 11 is 0. The van der Waals surface area contributed by atoms with Crippen LogP contribution in [0, 0.1) is 0 Å². The quantitative estimate of drug-likeness (QED) is 0.580. The third-order valence-corrected chi connectivity index (χ3v) is 4.19. The molecule has 3 aromatic carbocycles. The lowest BCUT2D eigenvalue weighted by atomic mass is 9.94. The maximum Gasteiger partial charge on any atom is 0.416 e. The number of ether oxygens (including phenoxy) is 1. The molecule has 5 heteroatoms. The Kier molecular flexibility index (Phi) is 3.13. The molecular formula is C19H11F3O2. The molecule has 0 spiro atoms. The normalized spacial score (nSPS) is 17.0. The fraction of sp³-hybridized carbons (Fsp3) is 0.105. The van der Waals surface area contributed by atoms with Crippen LogP contribution in [0.3, 0.4) is 0 Å². The molecule has 4 rings (SSSR count). The molecule has 0 aromatic heterocycles. The van der Waals surface area contributed by atoms with Gasteiger partial charge in [-0.1, -0.05) is 48.5 Å². The molecule has 120 valence electrons. The summed E-state index contributed by atoms with van der Waals surface area (Å²) in [6.45, 7) is 0. The summed E-state index contributed by atoms with van der Waals surface area (Å²) < 4.78 is 44.2. The van der Waals surface area contributed by atoms with Gasteiger partial charge >= 0.3 is 12.1 Å².